The zero-order valence-electron chi connectivity index (χ0n) is 56.2. The molecule has 0 aliphatic carbocycles. The number of aliphatic hydroxyl groups excluding tert-OH is 8. The van der Waals surface area contributed by atoms with E-state index in [0.717, 1.165) is 51.4 Å². The van der Waals surface area contributed by atoms with Crippen molar-refractivity contribution in [3.63, 3.8) is 0 Å². The van der Waals surface area contributed by atoms with Gasteiger partial charge in [0.2, 0.25) is 5.91 Å². The average Bonchev–Trinajstić information content (AvgIpc) is 1.84. The first kappa shape index (κ1) is 82.0. The van der Waals surface area contributed by atoms with Crippen molar-refractivity contribution in [1.29, 1.82) is 0 Å². The Morgan fingerprint density at radius 1 is 0.409 bits per heavy atom. The Hall–Kier alpha value is -2.05. The summed E-state index contributed by atoms with van der Waals surface area (Å²) in [6.45, 7) is 2.83. The van der Waals surface area contributed by atoms with Gasteiger partial charge in [0.05, 0.1) is 32.0 Å². The van der Waals surface area contributed by atoms with E-state index in [1.54, 1.807) is 6.08 Å². The number of hydrogen-bond acceptors (Lipinski definition) is 13. The Balaban J connectivity index is 1.62. The summed E-state index contributed by atoms with van der Waals surface area (Å²) in [7, 11) is 0. The number of unbranched alkanes of at least 4 members (excludes halogenated alkanes) is 42. The second-order valence-electron chi connectivity index (χ2n) is 26.1. The van der Waals surface area contributed by atoms with Gasteiger partial charge in [0, 0.05) is 6.42 Å². The highest BCUT2D eigenvalue weighted by Crippen LogP contribution is 2.30. The van der Waals surface area contributed by atoms with Crippen LogP contribution in [0.15, 0.2) is 48.6 Å². The standard InChI is InChI=1S/C74H137NO13/c1-3-5-7-9-11-13-15-17-19-21-23-24-25-26-27-28-29-30-31-32-33-34-35-36-37-38-40-42-44-46-48-50-52-54-56-58-66(79)75-62(63(78)57-55-53-51-49-47-45-43-41-39-22-20-18-16-14-12-10-8-6-4-2)61-85-73-71(84)69(82)72(65(60-77)87-73)88-74-70(83)68(81)67(80)64(59-76)86-74/h15,17,21,23,25-26,55,57,62-65,67-74,76-78,80-84H,3-14,16,18-20,22,24,27-54,56,58-61H2,1-2H3,(H,75,79)/b17-15-,23-21-,26-25-,57-55+. The fourth-order valence-corrected chi connectivity index (χ4v) is 12.1. The van der Waals surface area contributed by atoms with Crippen LogP contribution in [0.2, 0.25) is 0 Å². The molecule has 88 heavy (non-hydrogen) atoms. The van der Waals surface area contributed by atoms with Crippen molar-refractivity contribution < 1.29 is 64.6 Å². The van der Waals surface area contributed by atoms with Crippen LogP contribution in [0.5, 0.6) is 0 Å². The molecular formula is C74H137NO13. The predicted octanol–water partition coefficient (Wildman–Crippen LogP) is 15.5. The number of rotatable bonds is 61. The number of ether oxygens (including phenoxy) is 4. The molecule has 0 aromatic heterocycles. The number of allylic oxidation sites excluding steroid dienone is 7. The first-order chi connectivity index (χ1) is 43.1. The van der Waals surface area contributed by atoms with Crippen LogP contribution in [0.25, 0.3) is 0 Å². The number of amides is 1. The van der Waals surface area contributed by atoms with E-state index in [2.05, 4.69) is 55.6 Å². The van der Waals surface area contributed by atoms with Crippen molar-refractivity contribution in [3.8, 4) is 0 Å². The molecule has 2 fully saturated rings. The smallest absolute Gasteiger partial charge is 0.220 e. The zero-order valence-corrected chi connectivity index (χ0v) is 56.2. The quantitative estimate of drug-likeness (QED) is 0.0204. The lowest BCUT2D eigenvalue weighted by atomic mass is 9.97. The summed E-state index contributed by atoms with van der Waals surface area (Å²) in [6.07, 6.45) is 60.3. The van der Waals surface area contributed by atoms with Crippen LogP contribution < -0.4 is 5.32 Å². The van der Waals surface area contributed by atoms with Crippen molar-refractivity contribution in [1.82, 2.24) is 5.32 Å². The van der Waals surface area contributed by atoms with Crippen molar-refractivity contribution >= 4 is 5.91 Å². The lowest BCUT2D eigenvalue weighted by Gasteiger charge is -2.46. The molecule has 2 aliphatic heterocycles. The minimum atomic E-state index is -1.79. The topological polar surface area (TPSA) is 228 Å². The molecule has 2 aliphatic rings. The molecule has 14 heteroatoms. The summed E-state index contributed by atoms with van der Waals surface area (Å²) in [5.41, 5.74) is 0. The predicted molar refractivity (Wildman–Crippen MR) is 360 cm³/mol. The van der Waals surface area contributed by atoms with E-state index in [1.165, 1.54) is 244 Å². The van der Waals surface area contributed by atoms with Gasteiger partial charge in [0.1, 0.15) is 48.8 Å². The molecule has 12 atom stereocenters. The van der Waals surface area contributed by atoms with Gasteiger partial charge in [0.15, 0.2) is 12.6 Å². The van der Waals surface area contributed by atoms with Crippen molar-refractivity contribution in [3.05, 3.63) is 48.6 Å². The fourth-order valence-electron chi connectivity index (χ4n) is 12.1. The van der Waals surface area contributed by atoms with Gasteiger partial charge in [0.25, 0.3) is 0 Å². The van der Waals surface area contributed by atoms with Crippen LogP contribution in [-0.2, 0) is 23.7 Å². The van der Waals surface area contributed by atoms with Crippen LogP contribution in [0, 0.1) is 0 Å². The van der Waals surface area contributed by atoms with Crippen LogP contribution in [0.3, 0.4) is 0 Å². The largest absolute Gasteiger partial charge is 0.394 e. The molecule has 0 bridgehead atoms. The normalized spacial score (nSPS) is 23.4. The Morgan fingerprint density at radius 3 is 1.15 bits per heavy atom. The summed E-state index contributed by atoms with van der Waals surface area (Å²) in [4.78, 5) is 13.3. The van der Waals surface area contributed by atoms with Gasteiger partial charge in [-0.2, -0.15) is 0 Å². The van der Waals surface area contributed by atoms with Crippen molar-refractivity contribution in [2.24, 2.45) is 0 Å². The summed E-state index contributed by atoms with van der Waals surface area (Å²) in [5.74, 6) is -0.234. The molecule has 2 rings (SSSR count). The van der Waals surface area contributed by atoms with E-state index in [1.807, 2.05) is 6.08 Å². The van der Waals surface area contributed by atoms with Crippen LogP contribution >= 0.6 is 0 Å². The zero-order chi connectivity index (χ0) is 63.8. The monoisotopic (exact) mass is 1250 g/mol. The van der Waals surface area contributed by atoms with Crippen molar-refractivity contribution in [2.75, 3.05) is 19.8 Å². The fraction of sp³-hybridized carbons (Fsp3) is 0.878. The van der Waals surface area contributed by atoms with Gasteiger partial charge in [-0.3, -0.25) is 4.79 Å². The highest BCUT2D eigenvalue weighted by atomic mass is 16.7. The van der Waals surface area contributed by atoms with E-state index in [-0.39, 0.29) is 18.9 Å². The molecule has 0 aromatic rings. The summed E-state index contributed by atoms with van der Waals surface area (Å²) in [6, 6.07) is -0.915. The van der Waals surface area contributed by atoms with Gasteiger partial charge in [-0.25, -0.2) is 0 Å². The van der Waals surface area contributed by atoms with Gasteiger partial charge in [-0.15, -0.1) is 0 Å². The highest BCUT2D eigenvalue weighted by molar-refractivity contribution is 5.76. The number of hydrogen-bond donors (Lipinski definition) is 9. The third-order valence-electron chi connectivity index (χ3n) is 18.0. The Kier molecular flexibility index (Phi) is 54.8. The Bertz CT molecular complexity index is 1660. The highest BCUT2D eigenvalue weighted by Gasteiger charge is 2.51. The molecular weight excluding hydrogens is 1110 g/mol. The van der Waals surface area contributed by atoms with E-state index in [9.17, 15) is 45.6 Å². The lowest BCUT2D eigenvalue weighted by molar-refractivity contribution is -0.359. The molecule has 0 saturated carbocycles. The molecule has 0 radical (unpaired) electrons. The minimum Gasteiger partial charge on any atom is -0.394 e. The lowest BCUT2D eigenvalue weighted by Crippen LogP contribution is -2.65. The van der Waals surface area contributed by atoms with E-state index >= 15 is 0 Å². The molecule has 0 spiro atoms. The Morgan fingerprint density at radius 2 is 0.750 bits per heavy atom. The van der Waals surface area contributed by atoms with E-state index in [0.29, 0.717) is 6.42 Å². The minimum absolute atomic E-state index is 0.234. The molecule has 1 amide bonds. The second kappa shape index (κ2) is 58.7. The van der Waals surface area contributed by atoms with Crippen molar-refractivity contribution in [2.45, 2.75) is 396 Å². The number of carbonyl (C=O) groups excluding carboxylic acids is 1. The van der Waals surface area contributed by atoms with Gasteiger partial charge < -0.3 is 65.1 Å². The summed E-state index contributed by atoms with van der Waals surface area (Å²) in [5, 5.41) is 87.5. The number of aliphatic hydroxyl groups is 8. The first-order valence-electron chi connectivity index (χ1n) is 36.9. The first-order valence-corrected chi connectivity index (χ1v) is 36.9. The summed E-state index contributed by atoms with van der Waals surface area (Å²) >= 11 is 0. The third-order valence-corrected chi connectivity index (χ3v) is 18.0. The second-order valence-corrected chi connectivity index (χ2v) is 26.1. The molecule has 0 aromatic carbocycles. The molecule has 14 nitrogen and oxygen atoms in total. The molecule has 2 heterocycles. The maximum absolute atomic E-state index is 13.3. The van der Waals surface area contributed by atoms with Crippen LogP contribution in [0.1, 0.15) is 322 Å². The van der Waals surface area contributed by atoms with Crippen LogP contribution in [-0.4, -0.2) is 140 Å². The van der Waals surface area contributed by atoms with Gasteiger partial charge in [-0.05, 0) is 57.8 Å². The number of carbonyl (C=O) groups is 1. The molecule has 12 unspecified atom stereocenters. The van der Waals surface area contributed by atoms with Gasteiger partial charge in [-0.1, -0.05) is 306 Å². The van der Waals surface area contributed by atoms with Gasteiger partial charge >= 0.3 is 0 Å². The number of nitrogens with one attached hydrogen (secondary N) is 1. The molecule has 9 N–H and O–H groups in total. The molecule has 516 valence electrons. The SMILES string of the molecule is CCCCCCC/C=C\C/C=C\C/C=C\CCCCCCCCCCCCCCCCCCCCCCC(=O)NC(COC1OC(CO)C(OC2OC(CO)C(O)C(O)C2O)C(O)C1O)C(O)/C=C/CCCCCCCCCCCCCCCCCCC. The average molecular weight is 1250 g/mol. The Labute approximate surface area is 537 Å². The van der Waals surface area contributed by atoms with Crippen LogP contribution in [0.4, 0.5) is 0 Å². The summed E-state index contributed by atoms with van der Waals surface area (Å²) < 4.78 is 22.9. The third kappa shape index (κ3) is 42.2. The maximum atomic E-state index is 13.3. The van der Waals surface area contributed by atoms with E-state index < -0.39 is 86.8 Å². The maximum Gasteiger partial charge on any atom is 0.220 e. The molecule has 2 saturated heterocycles. The van der Waals surface area contributed by atoms with E-state index in [4.69, 9.17) is 18.9 Å².